The van der Waals surface area contributed by atoms with E-state index in [1.165, 1.54) is 0 Å². The van der Waals surface area contributed by atoms with Crippen molar-refractivity contribution in [1.82, 2.24) is 10.3 Å². The van der Waals surface area contributed by atoms with Crippen LogP contribution in [0.4, 0.5) is 5.69 Å². The fraction of sp³-hybridized carbons (Fsp3) is 0.261. The Balaban J connectivity index is 1.53. The molecule has 6 heteroatoms. The SMILES string of the molecule is Cc1ccc(N2C(=O)C[C@H](C(=O)NCCc3ccccn3)[C@@H]2c2cccs2)cc1. The molecule has 0 saturated carbocycles. The minimum absolute atomic E-state index is 0.0165. The second-order valence-corrected chi connectivity index (χ2v) is 8.21. The molecule has 3 aromatic rings. The molecule has 0 spiro atoms. The number of carbonyl (C=O) groups is 2. The van der Waals surface area contributed by atoms with Crippen molar-refractivity contribution in [2.75, 3.05) is 11.4 Å². The number of hydrogen-bond donors (Lipinski definition) is 1. The maximum absolute atomic E-state index is 13.0. The van der Waals surface area contributed by atoms with Crippen LogP contribution in [0.5, 0.6) is 0 Å². The summed E-state index contributed by atoms with van der Waals surface area (Å²) in [5.41, 5.74) is 2.91. The maximum Gasteiger partial charge on any atom is 0.228 e. The Bertz CT molecular complexity index is 971. The summed E-state index contributed by atoms with van der Waals surface area (Å²) in [5, 5.41) is 5.00. The highest BCUT2D eigenvalue weighted by atomic mass is 32.1. The minimum Gasteiger partial charge on any atom is -0.355 e. The fourth-order valence-electron chi connectivity index (χ4n) is 3.76. The Morgan fingerprint density at radius 2 is 2.00 bits per heavy atom. The monoisotopic (exact) mass is 405 g/mol. The van der Waals surface area contributed by atoms with Crippen LogP contribution >= 0.6 is 11.3 Å². The highest BCUT2D eigenvalue weighted by molar-refractivity contribution is 7.10. The van der Waals surface area contributed by atoms with E-state index in [-0.39, 0.29) is 24.3 Å². The van der Waals surface area contributed by atoms with Crippen LogP contribution < -0.4 is 10.2 Å². The summed E-state index contributed by atoms with van der Waals surface area (Å²) in [6.45, 7) is 2.52. The van der Waals surface area contributed by atoms with Gasteiger partial charge in [-0.05, 0) is 42.6 Å². The zero-order chi connectivity index (χ0) is 20.2. The van der Waals surface area contributed by atoms with E-state index in [2.05, 4.69) is 10.3 Å². The first-order valence-electron chi connectivity index (χ1n) is 9.73. The molecule has 1 N–H and O–H groups in total. The standard InChI is InChI=1S/C23H23N3O2S/c1-16-7-9-18(10-8-16)26-21(27)15-19(22(26)20-6-4-14-29-20)23(28)25-13-11-17-5-2-3-12-24-17/h2-10,12,14,19,22H,11,13,15H2,1H3,(H,25,28)/t19-,22+/m0/s1. The second kappa shape index (κ2) is 8.57. The lowest BCUT2D eigenvalue weighted by molar-refractivity contribution is -0.126. The lowest BCUT2D eigenvalue weighted by Gasteiger charge is -2.27. The van der Waals surface area contributed by atoms with Crippen molar-refractivity contribution in [2.45, 2.75) is 25.8 Å². The van der Waals surface area contributed by atoms with Crippen molar-refractivity contribution < 1.29 is 9.59 Å². The second-order valence-electron chi connectivity index (χ2n) is 7.23. The molecule has 4 rings (SSSR count). The van der Waals surface area contributed by atoms with Crippen molar-refractivity contribution in [2.24, 2.45) is 5.92 Å². The molecule has 0 unspecified atom stereocenters. The predicted octanol–water partition coefficient (Wildman–Crippen LogP) is 3.90. The fourth-order valence-corrected chi connectivity index (χ4v) is 4.64. The summed E-state index contributed by atoms with van der Waals surface area (Å²) in [4.78, 5) is 33.0. The van der Waals surface area contributed by atoms with Crippen LogP contribution in [0.2, 0.25) is 0 Å². The molecule has 0 bridgehead atoms. The Morgan fingerprint density at radius 3 is 2.69 bits per heavy atom. The average Bonchev–Trinajstić information content (AvgIpc) is 3.37. The molecular formula is C23H23N3O2S. The number of aryl methyl sites for hydroxylation is 1. The summed E-state index contributed by atoms with van der Waals surface area (Å²) < 4.78 is 0. The third kappa shape index (κ3) is 4.22. The third-order valence-electron chi connectivity index (χ3n) is 5.21. The van der Waals surface area contributed by atoms with E-state index in [0.29, 0.717) is 13.0 Å². The molecular weight excluding hydrogens is 382 g/mol. The number of aromatic nitrogens is 1. The Morgan fingerprint density at radius 1 is 1.17 bits per heavy atom. The van der Waals surface area contributed by atoms with Crippen molar-refractivity contribution in [3.05, 3.63) is 82.3 Å². The molecule has 2 atom stereocenters. The Hall–Kier alpha value is -2.99. The lowest BCUT2D eigenvalue weighted by atomic mass is 9.97. The number of nitrogens with zero attached hydrogens (tertiary/aromatic N) is 2. The van der Waals surface area contributed by atoms with E-state index >= 15 is 0 Å². The third-order valence-corrected chi connectivity index (χ3v) is 6.16. The summed E-state index contributed by atoms with van der Waals surface area (Å²) in [7, 11) is 0. The van der Waals surface area contributed by atoms with Crippen molar-refractivity contribution in [1.29, 1.82) is 0 Å². The predicted molar refractivity (Wildman–Crippen MR) is 115 cm³/mol. The van der Waals surface area contributed by atoms with Gasteiger partial charge in [-0.2, -0.15) is 0 Å². The lowest BCUT2D eigenvalue weighted by Crippen LogP contribution is -2.36. The quantitative estimate of drug-likeness (QED) is 0.676. The highest BCUT2D eigenvalue weighted by Gasteiger charge is 2.45. The summed E-state index contributed by atoms with van der Waals surface area (Å²) in [5.74, 6) is -0.509. The highest BCUT2D eigenvalue weighted by Crippen LogP contribution is 2.43. The molecule has 3 heterocycles. The molecule has 1 saturated heterocycles. The van der Waals surface area contributed by atoms with Gasteiger partial charge in [-0.1, -0.05) is 29.8 Å². The van der Waals surface area contributed by atoms with Crippen molar-refractivity contribution in [3.63, 3.8) is 0 Å². The summed E-state index contributed by atoms with van der Waals surface area (Å²) >= 11 is 1.58. The smallest absolute Gasteiger partial charge is 0.228 e. The van der Waals surface area contributed by atoms with Crippen LogP contribution in [0.25, 0.3) is 0 Å². The number of hydrogen-bond acceptors (Lipinski definition) is 4. The normalized spacial score (nSPS) is 18.8. The number of thiophene rings is 1. The zero-order valence-corrected chi connectivity index (χ0v) is 17.1. The van der Waals surface area contributed by atoms with E-state index < -0.39 is 5.92 Å². The molecule has 2 amide bonds. The van der Waals surface area contributed by atoms with E-state index in [0.717, 1.165) is 21.8 Å². The number of amides is 2. The molecule has 29 heavy (non-hydrogen) atoms. The van der Waals surface area contributed by atoms with E-state index in [1.807, 2.05) is 66.9 Å². The largest absolute Gasteiger partial charge is 0.355 e. The molecule has 1 fully saturated rings. The summed E-state index contributed by atoms with van der Waals surface area (Å²) in [6.07, 6.45) is 2.63. The molecule has 1 aliphatic heterocycles. The van der Waals surface area contributed by atoms with Gasteiger partial charge >= 0.3 is 0 Å². The number of anilines is 1. The van der Waals surface area contributed by atoms with Gasteiger partial charge in [-0.3, -0.25) is 14.6 Å². The number of rotatable bonds is 6. The zero-order valence-electron chi connectivity index (χ0n) is 16.2. The van der Waals surface area contributed by atoms with Crippen LogP contribution in [-0.4, -0.2) is 23.3 Å². The van der Waals surface area contributed by atoms with Crippen LogP contribution in [-0.2, 0) is 16.0 Å². The molecule has 148 valence electrons. The number of carbonyl (C=O) groups excluding carboxylic acids is 2. The van der Waals surface area contributed by atoms with Gasteiger partial charge in [-0.25, -0.2) is 0 Å². The number of benzene rings is 1. The van der Waals surface area contributed by atoms with Gasteiger partial charge in [0.1, 0.15) is 0 Å². The first-order valence-corrected chi connectivity index (χ1v) is 10.6. The first kappa shape index (κ1) is 19.3. The molecule has 1 aliphatic rings. The van der Waals surface area contributed by atoms with Gasteiger partial charge in [0.25, 0.3) is 0 Å². The summed E-state index contributed by atoms with van der Waals surface area (Å²) in [6, 6.07) is 17.3. The van der Waals surface area contributed by atoms with Crippen molar-refractivity contribution in [3.8, 4) is 0 Å². The van der Waals surface area contributed by atoms with Gasteiger partial charge in [0, 0.05) is 41.8 Å². The van der Waals surface area contributed by atoms with Crippen molar-refractivity contribution >= 4 is 28.8 Å². The van der Waals surface area contributed by atoms with E-state index in [4.69, 9.17) is 0 Å². The van der Waals surface area contributed by atoms with Gasteiger partial charge in [0.15, 0.2) is 0 Å². The molecule has 2 aromatic heterocycles. The average molecular weight is 406 g/mol. The van der Waals surface area contributed by atoms with Crippen LogP contribution in [0, 0.1) is 12.8 Å². The molecule has 5 nitrogen and oxygen atoms in total. The molecule has 1 aromatic carbocycles. The Kier molecular flexibility index (Phi) is 5.71. The minimum atomic E-state index is -0.411. The maximum atomic E-state index is 13.0. The topological polar surface area (TPSA) is 62.3 Å². The first-order chi connectivity index (χ1) is 14.1. The van der Waals surface area contributed by atoms with Gasteiger partial charge in [-0.15, -0.1) is 11.3 Å². The van der Waals surface area contributed by atoms with Gasteiger partial charge in [0.05, 0.1) is 12.0 Å². The number of nitrogens with one attached hydrogen (secondary N) is 1. The van der Waals surface area contributed by atoms with Crippen LogP contribution in [0.15, 0.2) is 66.2 Å². The molecule has 0 aliphatic carbocycles. The van der Waals surface area contributed by atoms with E-state index in [9.17, 15) is 9.59 Å². The van der Waals surface area contributed by atoms with E-state index in [1.54, 1.807) is 22.4 Å². The van der Waals surface area contributed by atoms with Gasteiger partial charge < -0.3 is 10.2 Å². The van der Waals surface area contributed by atoms with Gasteiger partial charge in [0.2, 0.25) is 11.8 Å². The molecule has 0 radical (unpaired) electrons. The van der Waals surface area contributed by atoms with Crippen LogP contribution in [0.1, 0.15) is 28.6 Å². The number of pyridine rings is 1. The Labute approximate surface area is 174 Å². The van der Waals surface area contributed by atoms with Crippen LogP contribution in [0.3, 0.4) is 0 Å².